The maximum Gasteiger partial charge on any atom is 0.254 e. The van der Waals surface area contributed by atoms with Gasteiger partial charge in [-0.15, -0.1) is 0 Å². The molecule has 1 heterocycles. The Morgan fingerprint density at radius 3 is 2.45 bits per heavy atom. The van der Waals surface area contributed by atoms with E-state index < -0.39 is 29.6 Å². The van der Waals surface area contributed by atoms with Crippen LogP contribution in [0.2, 0.25) is 0 Å². The van der Waals surface area contributed by atoms with E-state index >= 15 is 0 Å². The number of carbonyl (C=O) groups is 3. The molecular weight excluding hydrogens is 263 g/mol. The Balaban J connectivity index is 1.97. The first kappa shape index (κ1) is 13.9. The third-order valence-corrected chi connectivity index (χ3v) is 3.02. The van der Waals surface area contributed by atoms with Crippen LogP contribution in [0.3, 0.4) is 0 Å². The Morgan fingerprint density at radius 1 is 1.25 bits per heavy atom. The number of halogens is 1. The number of carbonyl (C=O) groups excluding carboxylic acids is 3. The molecule has 0 aliphatic carbocycles. The summed E-state index contributed by atoms with van der Waals surface area (Å²) < 4.78 is 13.4. The molecule has 1 aromatic carbocycles. The number of rotatable bonds is 4. The first-order valence-corrected chi connectivity index (χ1v) is 6.07. The SMILES string of the molecule is C[C@H](C(=O)NCc1ccccc1F)N1C(=O)C=CC1=O. The predicted molar refractivity (Wildman–Crippen MR) is 68.7 cm³/mol. The lowest BCUT2D eigenvalue weighted by Crippen LogP contribution is -2.47. The number of nitrogens with one attached hydrogen (secondary N) is 1. The van der Waals surface area contributed by atoms with Crippen molar-refractivity contribution in [2.45, 2.75) is 19.5 Å². The van der Waals surface area contributed by atoms with Crippen LogP contribution in [0.5, 0.6) is 0 Å². The van der Waals surface area contributed by atoms with Crippen LogP contribution >= 0.6 is 0 Å². The van der Waals surface area contributed by atoms with Crippen molar-refractivity contribution in [2.75, 3.05) is 0 Å². The van der Waals surface area contributed by atoms with Crippen LogP contribution in [-0.2, 0) is 20.9 Å². The molecule has 0 saturated carbocycles. The lowest BCUT2D eigenvalue weighted by molar-refractivity contribution is -0.144. The fourth-order valence-corrected chi connectivity index (χ4v) is 1.88. The van der Waals surface area contributed by atoms with Gasteiger partial charge in [0.15, 0.2) is 0 Å². The topological polar surface area (TPSA) is 66.5 Å². The largest absolute Gasteiger partial charge is 0.350 e. The molecule has 0 fully saturated rings. The minimum absolute atomic E-state index is 0.000500. The van der Waals surface area contributed by atoms with Crippen molar-refractivity contribution in [3.8, 4) is 0 Å². The molecule has 2 rings (SSSR count). The summed E-state index contributed by atoms with van der Waals surface area (Å²) in [6.07, 6.45) is 2.23. The van der Waals surface area contributed by atoms with Crippen LogP contribution < -0.4 is 5.32 Å². The first-order valence-electron chi connectivity index (χ1n) is 6.07. The Kier molecular flexibility index (Phi) is 3.93. The van der Waals surface area contributed by atoms with Crippen LogP contribution in [0, 0.1) is 5.82 Å². The van der Waals surface area contributed by atoms with E-state index in [2.05, 4.69) is 5.32 Å². The van der Waals surface area contributed by atoms with Crippen LogP contribution in [-0.4, -0.2) is 28.7 Å². The van der Waals surface area contributed by atoms with E-state index in [1.165, 1.54) is 13.0 Å². The molecule has 0 saturated heterocycles. The fraction of sp³-hybridized carbons (Fsp3) is 0.214. The second kappa shape index (κ2) is 5.64. The van der Waals surface area contributed by atoms with Gasteiger partial charge in [-0.25, -0.2) is 4.39 Å². The Bertz CT molecular complexity index is 580. The van der Waals surface area contributed by atoms with Crippen molar-refractivity contribution in [3.63, 3.8) is 0 Å². The summed E-state index contributed by atoms with van der Waals surface area (Å²) >= 11 is 0. The van der Waals surface area contributed by atoms with E-state index in [-0.39, 0.29) is 6.54 Å². The van der Waals surface area contributed by atoms with Crippen molar-refractivity contribution in [1.29, 1.82) is 0 Å². The van der Waals surface area contributed by atoms with Gasteiger partial charge in [0, 0.05) is 24.3 Å². The average Bonchev–Trinajstić information content (AvgIpc) is 2.76. The minimum atomic E-state index is -0.934. The Morgan fingerprint density at radius 2 is 1.85 bits per heavy atom. The van der Waals surface area contributed by atoms with Gasteiger partial charge >= 0.3 is 0 Å². The highest BCUT2D eigenvalue weighted by molar-refractivity contribution is 6.15. The van der Waals surface area contributed by atoms with Gasteiger partial charge in [0.2, 0.25) is 5.91 Å². The third kappa shape index (κ3) is 2.74. The van der Waals surface area contributed by atoms with Gasteiger partial charge in [-0.05, 0) is 13.0 Å². The van der Waals surface area contributed by atoms with Crippen molar-refractivity contribution in [2.24, 2.45) is 0 Å². The summed E-state index contributed by atoms with van der Waals surface area (Å²) in [5.41, 5.74) is 0.338. The van der Waals surface area contributed by atoms with Crippen LogP contribution in [0.25, 0.3) is 0 Å². The molecule has 0 bridgehead atoms. The molecule has 6 heteroatoms. The number of nitrogens with zero attached hydrogens (tertiary/aromatic N) is 1. The number of hydrogen-bond donors (Lipinski definition) is 1. The zero-order valence-electron chi connectivity index (χ0n) is 10.8. The summed E-state index contributed by atoms with van der Waals surface area (Å²) in [6.45, 7) is 1.44. The third-order valence-electron chi connectivity index (χ3n) is 3.02. The van der Waals surface area contributed by atoms with Crippen LogP contribution in [0.15, 0.2) is 36.4 Å². The molecule has 0 unspecified atom stereocenters. The summed E-state index contributed by atoms with van der Waals surface area (Å²) in [5, 5.41) is 2.50. The highest BCUT2D eigenvalue weighted by Gasteiger charge is 2.32. The minimum Gasteiger partial charge on any atom is -0.350 e. The zero-order valence-corrected chi connectivity index (χ0v) is 10.8. The van der Waals surface area contributed by atoms with Gasteiger partial charge in [0.05, 0.1) is 0 Å². The van der Waals surface area contributed by atoms with Gasteiger partial charge in [-0.3, -0.25) is 19.3 Å². The van der Waals surface area contributed by atoms with Gasteiger partial charge in [-0.1, -0.05) is 18.2 Å². The number of imide groups is 1. The zero-order chi connectivity index (χ0) is 14.7. The molecule has 1 aliphatic rings. The van der Waals surface area contributed by atoms with Crippen molar-refractivity contribution < 1.29 is 18.8 Å². The molecule has 0 radical (unpaired) electrons. The Labute approximate surface area is 115 Å². The van der Waals surface area contributed by atoms with Crippen molar-refractivity contribution in [1.82, 2.24) is 10.2 Å². The second-order valence-electron chi connectivity index (χ2n) is 4.36. The molecule has 0 aromatic heterocycles. The van der Waals surface area contributed by atoms with Gasteiger partial charge in [0.25, 0.3) is 11.8 Å². The molecule has 104 valence electrons. The monoisotopic (exact) mass is 276 g/mol. The molecule has 20 heavy (non-hydrogen) atoms. The number of hydrogen-bond acceptors (Lipinski definition) is 3. The molecule has 3 amide bonds. The molecule has 1 aromatic rings. The standard InChI is InChI=1S/C14H13FN2O3/c1-9(17-12(18)6-7-13(17)19)14(20)16-8-10-4-2-3-5-11(10)15/h2-7,9H,8H2,1H3,(H,16,20)/t9-/m1/s1. The quantitative estimate of drug-likeness (QED) is 0.825. The average molecular weight is 276 g/mol. The van der Waals surface area contributed by atoms with E-state index in [0.717, 1.165) is 17.1 Å². The molecule has 0 spiro atoms. The van der Waals surface area contributed by atoms with E-state index in [9.17, 15) is 18.8 Å². The molecule has 1 N–H and O–H groups in total. The molecule has 1 aliphatic heterocycles. The van der Waals surface area contributed by atoms with E-state index in [1.807, 2.05) is 0 Å². The highest BCUT2D eigenvalue weighted by Crippen LogP contribution is 2.10. The predicted octanol–water partition coefficient (Wildman–Crippen LogP) is 0.755. The highest BCUT2D eigenvalue weighted by atomic mass is 19.1. The van der Waals surface area contributed by atoms with Gasteiger partial charge < -0.3 is 5.32 Å². The first-order chi connectivity index (χ1) is 9.50. The molecule has 5 nitrogen and oxygen atoms in total. The number of amides is 3. The van der Waals surface area contributed by atoms with Crippen LogP contribution in [0.4, 0.5) is 4.39 Å². The van der Waals surface area contributed by atoms with Gasteiger partial charge in [-0.2, -0.15) is 0 Å². The summed E-state index contributed by atoms with van der Waals surface area (Å²) in [5.74, 6) is -1.99. The van der Waals surface area contributed by atoms with Gasteiger partial charge in [0.1, 0.15) is 11.9 Å². The lowest BCUT2D eigenvalue weighted by atomic mass is 10.2. The van der Waals surface area contributed by atoms with E-state index in [0.29, 0.717) is 5.56 Å². The summed E-state index contributed by atoms with van der Waals surface area (Å²) in [4.78, 5) is 35.6. The van der Waals surface area contributed by atoms with Crippen LogP contribution in [0.1, 0.15) is 12.5 Å². The summed E-state index contributed by atoms with van der Waals surface area (Å²) in [7, 11) is 0. The lowest BCUT2D eigenvalue weighted by Gasteiger charge is -2.21. The normalized spacial score (nSPS) is 15.6. The van der Waals surface area contributed by atoms with E-state index in [1.54, 1.807) is 18.2 Å². The summed E-state index contributed by atoms with van der Waals surface area (Å²) in [6, 6.07) is 5.12. The Hall–Kier alpha value is -2.50. The maximum atomic E-state index is 13.4. The van der Waals surface area contributed by atoms with E-state index in [4.69, 9.17) is 0 Å². The van der Waals surface area contributed by atoms with Crippen molar-refractivity contribution in [3.05, 3.63) is 47.8 Å². The second-order valence-corrected chi connectivity index (χ2v) is 4.36. The smallest absolute Gasteiger partial charge is 0.254 e. The number of benzene rings is 1. The molecular formula is C14H13FN2O3. The molecule has 1 atom stereocenters. The van der Waals surface area contributed by atoms with Crippen molar-refractivity contribution >= 4 is 17.7 Å². The fourth-order valence-electron chi connectivity index (χ4n) is 1.88. The maximum absolute atomic E-state index is 13.4.